The number of carbonyl (C=O) groups excluding carboxylic acids is 1. The fourth-order valence-electron chi connectivity index (χ4n) is 3.30. The monoisotopic (exact) mass is 406 g/mol. The summed E-state index contributed by atoms with van der Waals surface area (Å²) in [5.74, 6) is -1.12. The van der Waals surface area contributed by atoms with Gasteiger partial charge in [0.15, 0.2) is 0 Å². The van der Waals surface area contributed by atoms with E-state index < -0.39 is 18.1 Å². The maximum absolute atomic E-state index is 13.5. The highest BCUT2D eigenvalue weighted by Gasteiger charge is 2.30. The van der Waals surface area contributed by atoms with Crippen molar-refractivity contribution in [1.82, 2.24) is 15.1 Å². The van der Waals surface area contributed by atoms with Crippen LogP contribution in [-0.2, 0) is 9.59 Å². The van der Waals surface area contributed by atoms with Gasteiger partial charge in [0.2, 0.25) is 5.91 Å². The Balaban J connectivity index is 0.000000687. The summed E-state index contributed by atoms with van der Waals surface area (Å²) in [6.07, 6.45) is 2.38. The number of carboxylic acids is 1. The number of benzene rings is 1. The third-order valence-corrected chi connectivity index (χ3v) is 4.82. The highest BCUT2D eigenvalue weighted by molar-refractivity contribution is 5.82. The Labute approximate surface area is 168 Å². The molecule has 0 saturated carbocycles. The summed E-state index contributed by atoms with van der Waals surface area (Å²) in [7, 11) is 0. The number of nitrogens with two attached hydrogens (primary N) is 1. The lowest BCUT2D eigenvalue weighted by molar-refractivity contribution is -0.136. The molecule has 1 aromatic carbocycles. The molecule has 1 amide bonds. The second kappa shape index (κ2) is 10.1. The van der Waals surface area contributed by atoms with Crippen LogP contribution in [0.15, 0.2) is 30.5 Å². The van der Waals surface area contributed by atoms with Crippen LogP contribution in [0, 0.1) is 5.82 Å². The normalized spacial score (nSPS) is 16.5. The molecule has 9 heteroatoms. The molecule has 0 spiro atoms. The van der Waals surface area contributed by atoms with Crippen LogP contribution in [0.3, 0.4) is 0 Å². The number of nitrogens with zero attached hydrogens (tertiary/aromatic N) is 2. The van der Waals surface area contributed by atoms with Crippen molar-refractivity contribution in [3.63, 3.8) is 0 Å². The fourth-order valence-corrected chi connectivity index (χ4v) is 3.30. The zero-order chi connectivity index (χ0) is 21.6. The molecule has 2 heterocycles. The first-order valence-corrected chi connectivity index (χ1v) is 9.41. The number of hydrogen-bond donors (Lipinski definition) is 4. The van der Waals surface area contributed by atoms with Crippen molar-refractivity contribution < 1.29 is 24.2 Å². The highest BCUT2D eigenvalue weighted by Crippen LogP contribution is 2.34. The smallest absolute Gasteiger partial charge is 0.300 e. The van der Waals surface area contributed by atoms with Gasteiger partial charge in [0, 0.05) is 37.2 Å². The van der Waals surface area contributed by atoms with E-state index >= 15 is 0 Å². The number of nitrogens with one attached hydrogen (secondary N) is 1. The number of H-pyrrole nitrogens is 1. The van der Waals surface area contributed by atoms with E-state index in [9.17, 15) is 14.3 Å². The molecule has 1 aliphatic heterocycles. The zero-order valence-corrected chi connectivity index (χ0v) is 16.5. The maximum Gasteiger partial charge on any atom is 0.300 e. The average molecular weight is 406 g/mol. The number of aliphatic hydroxyl groups is 1. The van der Waals surface area contributed by atoms with Gasteiger partial charge in [0.1, 0.15) is 11.9 Å². The van der Waals surface area contributed by atoms with Gasteiger partial charge in [-0.15, -0.1) is 0 Å². The van der Waals surface area contributed by atoms with E-state index in [2.05, 4.69) is 10.2 Å². The molecule has 158 valence electrons. The lowest BCUT2D eigenvalue weighted by Crippen LogP contribution is -2.51. The number of likely N-dealkylation sites (tertiary alicyclic amines) is 1. The van der Waals surface area contributed by atoms with Crippen LogP contribution in [-0.4, -0.2) is 62.4 Å². The van der Waals surface area contributed by atoms with Crippen molar-refractivity contribution in [3.05, 3.63) is 42.0 Å². The third-order valence-electron chi connectivity index (χ3n) is 4.82. The van der Waals surface area contributed by atoms with Gasteiger partial charge in [-0.2, -0.15) is 5.10 Å². The first-order valence-electron chi connectivity index (χ1n) is 9.41. The molecule has 8 nitrogen and oxygen atoms in total. The highest BCUT2D eigenvalue weighted by atomic mass is 19.1. The molecule has 5 N–H and O–H groups in total. The number of piperidine rings is 1. The van der Waals surface area contributed by atoms with E-state index in [0.717, 1.165) is 36.6 Å². The SMILES string of the molecule is CC(=O)O.C[C@@H](O)[C@H](N)C(=O)N1CCC(c2[nH]ncc2-c2cccc(F)c2)CC1. The van der Waals surface area contributed by atoms with Crippen LogP contribution in [0.5, 0.6) is 0 Å². The predicted molar refractivity (Wildman–Crippen MR) is 106 cm³/mol. The molecule has 1 aromatic heterocycles. The molecule has 2 atom stereocenters. The number of aromatic amines is 1. The summed E-state index contributed by atoms with van der Waals surface area (Å²) in [4.78, 5) is 22.9. The van der Waals surface area contributed by atoms with Crippen LogP contribution < -0.4 is 5.73 Å². The minimum atomic E-state index is -0.883. The number of aromatic nitrogens is 2. The van der Waals surface area contributed by atoms with Crippen molar-refractivity contribution in [2.24, 2.45) is 5.73 Å². The Hall–Kier alpha value is -2.78. The number of halogens is 1. The minimum absolute atomic E-state index is 0.215. The number of hydrogen-bond acceptors (Lipinski definition) is 5. The number of aliphatic carboxylic acids is 1. The summed E-state index contributed by atoms with van der Waals surface area (Å²) >= 11 is 0. The fraction of sp³-hybridized carbons (Fsp3) is 0.450. The lowest BCUT2D eigenvalue weighted by Gasteiger charge is -2.34. The summed E-state index contributed by atoms with van der Waals surface area (Å²) in [6, 6.07) is 5.57. The van der Waals surface area contributed by atoms with Crippen molar-refractivity contribution in [1.29, 1.82) is 0 Å². The Morgan fingerprint density at radius 1 is 1.34 bits per heavy atom. The van der Waals surface area contributed by atoms with Crippen molar-refractivity contribution in [3.8, 4) is 11.1 Å². The molecule has 3 rings (SSSR count). The van der Waals surface area contributed by atoms with E-state index in [-0.39, 0.29) is 17.6 Å². The van der Waals surface area contributed by atoms with Crippen molar-refractivity contribution in [2.75, 3.05) is 13.1 Å². The second-order valence-corrected chi connectivity index (χ2v) is 7.09. The molecule has 1 fully saturated rings. The largest absolute Gasteiger partial charge is 0.481 e. The standard InChI is InChI=1S/C18H23FN4O2.C2H4O2/c1-11(24)16(20)18(25)23-7-5-12(6-8-23)17-15(10-21-22-17)13-3-2-4-14(19)9-13;1-2(3)4/h2-4,9-12,16,24H,5-8,20H2,1H3,(H,21,22);1H3,(H,3,4)/t11-,16+;/m1./s1. The van der Waals surface area contributed by atoms with Gasteiger partial charge >= 0.3 is 0 Å². The molecule has 29 heavy (non-hydrogen) atoms. The first kappa shape index (κ1) is 22.5. The van der Waals surface area contributed by atoms with E-state index in [1.807, 2.05) is 6.07 Å². The predicted octanol–water partition coefficient (Wildman–Crippen LogP) is 1.72. The number of rotatable bonds is 4. The van der Waals surface area contributed by atoms with Crippen LogP contribution >= 0.6 is 0 Å². The van der Waals surface area contributed by atoms with Gasteiger partial charge in [0.05, 0.1) is 12.3 Å². The summed E-state index contributed by atoms with van der Waals surface area (Å²) in [5.41, 5.74) is 8.40. The molecule has 0 aliphatic carbocycles. The van der Waals surface area contributed by atoms with Crippen LogP contribution in [0.2, 0.25) is 0 Å². The number of carbonyl (C=O) groups is 2. The molecule has 1 saturated heterocycles. The quantitative estimate of drug-likeness (QED) is 0.611. The number of aliphatic hydroxyl groups excluding tert-OH is 1. The summed E-state index contributed by atoms with van der Waals surface area (Å²) in [5, 5.41) is 24.1. The molecule has 0 radical (unpaired) electrons. The van der Waals surface area contributed by atoms with Crippen LogP contribution in [0.4, 0.5) is 4.39 Å². The van der Waals surface area contributed by atoms with Gasteiger partial charge in [-0.3, -0.25) is 14.7 Å². The van der Waals surface area contributed by atoms with Gasteiger partial charge in [0.25, 0.3) is 5.97 Å². The molecule has 1 aliphatic rings. The molecular weight excluding hydrogens is 379 g/mol. The molecule has 2 aromatic rings. The first-order chi connectivity index (χ1) is 13.7. The van der Waals surface area contributed by atoms with E-state index in [1.165, 1.54) is 19.1 Å². The van der Waals surface area contributed by atoms with Gasteiger partial charge in [-0.1, -0.05) is 12.1 Å². The summed E-state index contributed by atoms with van der Waals surface area (Å²) < 4.78 is 13.5. The Morgan fingerprint density at radius 2 is 1.97 bits per heavy atom. The number of carboxylic acid groups (broad SMARTS) is 1. The Morgan fingerprint density at radius 3 is 2.52 bits per heavy atom. The average Bonchev–Trinajstić information content (AvgIpc) is 3.16. The topological polar surface area (TPSA) is 133 Å². The second-order valence-electron chi connectivity index (χ2n) is 7.09. The van der Waals surface area contributed by atoms with Crippen LogP contribution in [0.1, 0.15) is 38.3 Å². The molecule has 0 unspecified atom stereocenters. The van der Waals surface area contributed by atoms with Gasteiger partial charge in [-0.05, 0) is 37.5 Å². The van der Waals surface area contributed by atoms with E-state index in [0.29, 0.717) is 13.1 Å². The van der Waals surface area contributed by atoms with Crippen molar-refractivity contribution in [2.45, 2.75) is 44.8 Å². The van der Waals surface area contributed by atoms with E-state index in [1.54, 1.807) is 17.2 Å². The van der Waals surface area contributed by atoms with E-state index in [4.69, 9.17) is 15.6 Å². The third kappa shape index (κ3) is 6.10. The zero-order valence-electron chi connectivity index (χ0n) is 16.5. The molecule has 0 bridgehead atoms. The summed E-state index contributed by atoms with van der Waals surface area (Å²) in [6.45, 7) is 3.75. The Bertz CT molecular complexity index is 827. The minimum Gasteiger partial charge on any atom is -0.481 e. The Kier molecular flexibility index (Phi) is 7.86. The van der Waals surface area contributed by atoms with Crippen molar-refractivity contribution >= 4 is 11.9 Å². The number of amides is 1. The molecular formula is C20H27FN4O4. The lowest BCUT2D eigenvalue weighted by atomic mass is 9.89. The van der Waals surface area contributed by atoms with Gasteiger partial charge < -0.3 is 20.8 Å². The van der Waals surface area contributed by atoms with Gasteiger partial charge in [-0.25, -0.2) is 4.39 Å². The maximum atomic E-state index is 13.5. The van der Waals surface area contributed by atoms with Crippen LogP contribution in [0.25, 0.3) is 11.1 Å².